The standard InChI is InChI=1S/C18H18N2O6/c21-16(20-8-1-2-9-20)11-25-13-5-3-4-12(10-13)19-17(22)14-6-7-15(26-14)18(23)24/h3-7,10H,1-2,8-9,11H2,(H,19,22)(H,23,24). The van der Waals surface area contributed by atoms with Crippen molar-refractivity contribution in [2.45, 2.75) is 12.8 Å². The molecule has 1 saturated heterocycles. The number of aromatic carboxylic acids is 1. The number of carboxylic acid groups (broad SMARTS) is 1. The minimum Gasteiger partial charge on any atom is -0.484 e. The van der Waals surface area contributed by atoms with Gasteiger partial charge in [-0.3, -0.25) is 9.59 Å². The first kappa shape index (κ1) is 17.5. The summed E-state index contributed by atoms with van der Waals surface area (Å²) in [6.07, 6.45) is 2.03. The summed E-state index contributed by atoms with van der Waals surface area (Å²) in [7, 11) is 0. The van der Waals surface area contributed by atoms with Crippen LogP contribution < -0.4 is 10.1 Å². The van der Waals surface area contributed by atoms with Gasteiger partial charge in [0.25, 0.3) is 11.8 Å². The monoisotopic (exact) mass is 358 g/mol. The van der Waals surface area contributed by atoms with Gasteiger partial charge in [-0.15, -0.1) is 0 Å². The lowest BCUT2D eigenvalue weighted by Crippen LogP contribution is -2.32. The van der Waals surface area contributed by atoms with Crippen LogP contribution in [-0.4, -0.2) is 47.5 Å². The summed E-state index contributed by atoms with van der Waals surface area (Å²) >= 11 is 0. The quantitative estimate of drug-likeness (QED) is 0.820. The lowest BCUT2D eigenvalue weighted by atomic mass is 10.3. The van der Waals surface area contributed by atoms with Crippen molar-refractivity contribution >= 4 is 23.5 Å². The lowest BCUT2D eigenvalue weighted by molar-refractivity contribution is -0.132. The molecule has 26 heavy (non-hydrogen) atoms. The van der Waals surface area contributed by atoms with Crippen LogP contribution in [0.15, 0.2) is 40.8 Å². The molecular formula is C18H18N2O6. The largest absolute Gasteiger partial charge is 0.484 e. The number of ether oxygens (including phenoxy) is 1. The Balaban J connectivity index is 1.58. The van der Waals surface area contributed by atoms with Crippen LogP contribution in [0.2, 0.25) is 0 Å². The molecule has 2 N–H and O–H groups in total. The number of benzene rings is 1. The average Bonchev–Trinajstić information content (AvgIpc) is 3.31. The Hall–Kier alpha value is -3.29. The molecule has 0 spiro atoms. The number of carbonyl (C=O) groups is 3. The van der Waals surface area contributed by atoms with Crippen LogP contribution in [0.5, 0.6) is 5.75 Å². The third kappa shape index (κ3) is 4.21. The Morgan fingerprint density at radius 3 is 2.54 bits per heavy atom. The second-order valence-corrected chi connectivity index (χ2v) is 5.83. The van der Waals surface area contributed by atoms with Gasteiger partial charge in [-0.1, -0.05) is 6.07 Å². The highest BCUT2D eigenvalue weighted by Gasteiger charge is 2.18. The summed E-state index contributed by atoms with van der Waals surface area (Å²) in [6.45, 7) is 1.47. The number of carbonyl (C=O) groups excluding carboxylic acids is 2. The van der Waals surface area contributed by atoms with Crippen molar-refractivity contribution in [2.75, 3.05) is 25.0 Å². The summed E-state index contributed by atoms with van der Waals surface area (Å²) in [4.78, 5) is 36.7. The molecule has 0 radical (unpaired) electrons. The Morgan fingerprint density at radius 1 is 1.12 bits per heavy atom. The van der Waals surface area contributed by atoms with Gasteiger partial charge in [0.15, 0.2) is 12.4 Å². The number of furan rings is 1. The summed E-state index contributed by atoms with van der Waals surface area (Å²) in [5.41, 5.74) is 0.439. The van der Waals surface area contributed by atoms with Gasteiger partial charge in [-0.25, -0.2) is 4.79 Å². The van der Waals surface area contributed by atoms with E-state index in [0.29, 0.717) is 11.4 Å². The second kappa shape index (κ2) is 7.73. The van der Waals surface area contributed by atoms with Crippen LogP contribution in [0, 0.1) is 0 Å². The van der Waals surface area contributed by atoms with E-state index in [-0.39, 0.29) is 24.0 Å². The van der Waals surface area contributed by atoms with Crippen molar-refractivity contribution in [1.82, 2.24) is 4.90 Å². The summed E-state index contributed by atoms with van der Waals surface area (Å²) in [5, 5.41) is 11.4. The van der Waals surface area contributed by atoms with Gasteiger partial charge in [-0.2, -0.15) is 0 Å². The summed E-state index contributed by atoms with van der Waals surface area (Å²) < 4.78 is 10.5. The highest BCUT2D eigenvalue weighted by molar-refractivity contribution is 6.03. The number of likely N-dealkylation sites (tertiary alicyclic amines) is 1. The maximum absolute atomic E-state index is 12.1. The van der Waals surface area contributed by atoms with Crippen LogP contribution >= 0.6 is 0 Å². The van der Waals surface area contributed by atoms with Crippen LogP contribution in [-0.2, 0) is 4.79 Å². The smallest absolute Gasteiger partial charge is 0.371 e. The minimum atomic E-state index is -1.25. The molecule has 0 aliphatic carbocycles. The molecule has 1 aromatic carbocycles. The highest BCUT2D eigenvalue weighted by Crippen LogP contribution is 2.19. The molecule has 0 unspecified atom stereocenters. The van der Waals surface area contributed by atoms with Gasteiger partial charge in [-0.05, 0) is 37.1 Å². The minimum absolute atomic E-state index is 0.0580. The predicted molar refractivity (Wildman–Crippen MR) is 91.4 cm³/mol. The van der Waals surface area contributed by atoms with E-state index in [1.807, 2.05) is 0 Å². The molecule has 2 heterocycles. The number of hydrogen-bond donors (Lipinski definition) is 2. The molecule has 1 fully saturated rings. The van der Waals surface area contributed by atoms with Crippen LogP contribution in [0.25, 0.3) is 0 Å². The SMILES string of the molecule is O=C(O)c1ccc(C(=O)Nc2cccc(OCC(=O)N3CCCC3)c2)o1. The Morgan fingerprint density at radius 2 is 1.85 bits per heavy atom. The number of rotatable bonds is 6. The first-order valence-electron chi connectivity index (χ1n) is 8.18. The van der Waals surface area contributed by atoms with Gasteiger partial charge < -0.3 is 24.5 Å². The van der Waals surface area contributed by atoms with Crippen LogP contribution in [0.4, 0.5) is 5.69 Å². The first-order valence-corrected chi connectivity index (χ1v) is 8.18. The number of carboxylic acids is 1. The zero-order valence-corrected chi connectivity index (χ0v) is 13.9. The van der Waals surface area contributed by atoms with Crippen molar-refractivity contribution in [3.63, 3.8) is 0 Å². The Labute approximate surface area is 149 Å². The lowest BCUT2D eigenvalue weighted by Gasteiger charge is -2.15. The van der Waals surface area contributed by atoms with E-state index in [9.17, 15) is 14.4 Å². The van der Waals surface area contributed by atoms with Crippen molar-refractivity contribution in [3.05, 3.63) is 47.9 Å². The van der Waals surface area contributed by atoms with Crippen LogP contribution in [0.1, 0.15) is 34.0 Å². The molecular weight excluding hydrogens is 340 g/mol. The van der Waals surface area contributed by atoms with Crippen molar-refractivity contribution < 1.29 is 28.6 Å². The summed E-state index contributed by atoms with van der Waals surface area (Å²) in [6, 6.07) is 9.08. The van der Waals surface area contributed by atoms with Gasteiger partial charge in [0.2, 0.25) is 5.76 Å². The molecule has 8 nitrogen and oxygen atoms in total. The number of hydrogen-bond acceptors (Lipinski definition) is 5. The molecule has 2 aromatic rings. The third-order valence-corrected chi connectivity index (χ3v) is 3.95. The molecule has 8 heteroatoms. The highest BCUT2D eigenvalue weighted by atomic mass is 16.5. The van der Waals surface area contributed by atoms with E-state index in [2.05, 4.69) is 5.32 Å². The molecule has 2 amide bonds. The molecule has 1 aliphatic rings. The van der Waals surface area contributed by atoms with Crippen molar-refractivity contribution in [2.24, 2.45) is 0 Å². The second-order valence-electron chi connectivity index (χ2n) is 5.83. The van der Waals surface area contributed by atoms with Crippen molar-refractivity contribution in [1.29, 1.82) is 0 Å². The fourth-order valence-corrected chi connectivity index (χ4v) is 2.63. The molecule has 136 valence electrons. The summed E-state index contributed by atoms with van der Waals surface area (Å²) in [5.74, 6) is -1.87. The average molecular weight is 358 g/mol. The zero-order valence-electron chi connectivity index (χ0n) is 13.9. The Kier molecular flexibility index (Phi) is 5.21. The van der Waals surface area contributed by atoms with Gasteiger partial charge in [0.1, 0.15) is 5.75 Å². The van der Waals surface area contributed by atoms with Gasteiger partial charge in [0.05, 0.1) is 0 Å². The number of anilines is 1. The van der Waals surface area contributed by atoms with Crippen molar-refractivity contribution in [3.8, 4) is 5.75 Å². The molecule has 1 aromatic heterocycles. The fraction of sp³-hybridized carbons (Fsp3) is 0.278. The maximum atomic E-state index is 12.1. The predicted octanol–water partition coefficient (Wildman–Crippen LogP) is 2.23. The first-order chi connectivity index (χ1) is 12.5. The van der Waals surface area contributed by atoms with E-state index < -0.39 is 11.9 Å². The Bertz CT molecular complexity index is 823. The number of amides is 2. The van der Waals surface area contributed by atoms with Gasteiger partial charge in [0, 0.05) is 24.8 Å². The topological polar surface area (TPSA) is 109 Å². The van der Waals surface area contributed by atoms with Gasteiger partial charge >= 0.3 is 5.97 Å². The van der Waals surface area contributed by atoms with E-state index in [1.54, 1.807) is 29.2 Å². The van der Waals surface area contributed by atoms with Crippen LogP contribution in [0.3, 0.4) is 0 Å². The zero-order chi connectivity index (χ0) is 18.5. The normalized spacial score (nSPS) is 13.5. The number of nitrogens with one attached hydrogen (secondary N) is 1. The number of nitrogens with zero attached hydrogens (tertiary/aromatic N) is 1. The van der Waals surface area contributed by atoms with E-state index in [4.69, 9.17) is 14.3 Å². The van der Waals surface area contributed by atoms with E-state index in [1.165, 1.54) is 12.1 Å². The molecule has 1 aliphatic heterocycles. The van der Waals surface area contributed by atoms with E-state index >= 15 is 0 Å². The molecule has 0 bridgehead atoms. The maximum Gasteiger partial charge on any atom is 0.371 e. The molecule has 0 atom stereocenters. The molecule has 3 rings (SSSR count). The molecule has 0 saturated carbocycles. The third-order valence-electron chi connectivity index (χ3n) is 3.95. The fourth-order valence-electron chi connectivity index (χ4n) is 2.63. The van der Waals surface area contributed by atoms with E-state index in [0.717, 1.165) is 25.9 Å².